The van der Waals surface area contributed by atoms with Gasteiger partial charge in [-0.05, 0) is 41.8 Å². The third-order valence-corrected chi connectivity index (χ3v) is 4.34. The van der Waals surface area contributed by atoms with Crippen molar-refractivity contribution in [2.24, 2.45) is 0 Å². The van der Waals surface area contributed by atoms with E-state index in [-0.39, 0.29) is 5.91 Å². The first-order valence-electron chi connectivity index (χ1n) is 9.30. The Morgan fingerprint density at radius 3 is 2.28 bits per heavy atom. The minimum Gasteiger partial charge on any atom is -0.493 e. The van der Waals surface area contributed by atoms with Crippen molar-refractivity contribution >= 4 is 17.5 Å². The molecule has 7 nitrogen and oxygen atoms in total. The number of ether oxygens (including phenoxy) is 2. The van der Waals surface area contributed by atoms with E-state index < -0.39 is 0 Å². The van der Waals surface area contributed by atoms with Crippen molar-refractivity contribution in [1.82, 2.24) is 10.2 Å². The predicted molar refractivity (Wildman–Crippen MR) is 112 cm³/mol. The van der Waals surface area contributed by atoms with Crippen LogP contribution in [0.15, 0.2) is 60.7 Å². The van der Waals surface area contributed by atoms with Gasteiger partial charge in [0, 0.05) is 13.0 Å². The Kier molecular flexibility index (Phi) is 7.00. The summed E-state index contributed by atoms with van der Waals surface area (Å²) in [4.78, 5) is 12.1. The van der Waals surface area contributed by atoms with Crippen LogP contribution in [0.1, 0.15) is 17.5 Å². The lowest BCUT2D eigenvalue weighted by molar-refractivity contribution is -0.116. The second-order valence-electron chi connectivity index (χ2n) is 6.38. The lowest BCUT2D eigenvalue weighted by Crippen LogP contribution is -2.14. The first-order chi connectivity index (χ1) is 14.2. The fourth-order valence-electron chi connectivity index (χ4n) is 2.78. The molecule has 150 valence electrons. The van der Waals surface area contributed by atoms with E-state index in [0.29, 0.717) is 42.5 Å². The van der Waals surface area contributed by atoms with Gasteiger partial charge in [0.1, 0.15) is 5.82 Å². The van der Waals surface area contributed by atoms with Crippen LogP contribution in [-0.2, 0) is 17.8 Å². The molecule has 0 spiro atoms. The Morgan fingerprint density at radius 2 is 1.59 bits per heavy atom. The Morgan fingerprint density at radius 1 is 0.862 bits per heavy atom. The molecular weight excluding hydrogens is 368 g/mol. The predicted octanol–water partition coefficient (Wildman–Crippen LogP) is 3.68. The van der Waals surface area contributed by atoms with E-state index in [1.165, 1.54) is 0 Å². The zero-order chi connectivity index (χ0) is 20.5. The van der Waals surface area contributed by atoms with Crippen molar-refractivity contribution in [3.05, 3.63) is 71.8 Å². The Bertz CT molecular complexity index is 931. The number of amides is 1. The van der Waals surface area contributed by atoms with E-state index in [2.05, 4.69) is 20.8 Å². The highest BCUT2D eigenvalue weighted by atomic mass is 16.5. The van der Waals surface area contributed by atoms with Crippen LogP contribution in [-0.4, -0.2) is 30.3 Å². The summed E-state index contributed by atoms with van der Waals surface area (Å²) in [7, 11) is 3.21. The average Bonchev–Trinajstić information content (AvgIpc) is 2.77. The van der Waals surface area contributed by atoms with Gasteiger partial charge in [0.25, 0.3) is 0 Å². The zero-order valence-corrected chi connectivity index (χ0v) is 16.5. The van der Waals surface area contributed by atoms with E-state index in [1.54, 1.807) is 26.4 Å². The standard InChI is InChI=1S/C22H24N4O3/c1-28-18-10-8-17(14-19(18)29-2)15-23-20-11-12-21(26-25-20)24-22(27)13-9-16-6-4-3-5-7-16/h3-8,10-12,14H,9,13,15H2,1-2H3,(H,23,25)(H,24,26,27). The molecule has 1 aromatic heterocycles. The molecule has 2 N–H and O–H groups in total. The highest BCUT2D eigenvalue weighted by Crippen LogP contribution is 2.27. The second kappa shape index (κ2) is 10.1. The number of benzene rings is 2. The number of carbonyl (C=O) groups is 1. The molecule has 7 heteroatoms. The van der Waals surface area contributed by atoms with Crippen molar-refractivity contribution in [3.8, 4) is 11.5 Å². The molecule has 1 heterocycles. The SMILES string of the molecule is COc1ccc(CNc2ccc(NC(=O)CCc3ccccc3)nn2)cc1OC. The first-order valence-corrected chi connectivity index (χ1v) is 9.30. The fourth-order valence-corrected chi connectivity index (χ4v) is 2.78. The van der Waals surface area contributed by atoms with Crippen LogP contribution in [0.5, 0.6) is 11.5 Å². The van der Waals surface area contributed by atoms with Gasteiger partial charge in [-0.1, -0.05) is 36.4 Å². The van der Waals surface area contributed by atoms with Crippen LogP contribution in [0, 0.1) is 0 Å². The number of carbonyl (C=O) groups excluding carboxylic acids is 1. The third kappa shape index (κ3) is 5.93. The molecule has 0 saturated carbocycles. The van der Waals surface area contributed by atoms with Crippen LogP contribution >= 0.6 is 0 Å². The molecule has 0 saturated heterocycles. The van der Waals surface area contributed by atoms with Gasteiger partial charge in [0.05, 0.1) is 14.2 Å². The summed E-state index contributed by atoms with van der Waals surface area (Å²) >= 11 is 0. The molecule has 0 aliphatic heterocycles. The lowest BCUT2D eigenvalue weighted by Gasteiger charge is -2.10. The van der Waals surface area contributed by atoms with Crippen molar-refractivity contribution in [2.45, 2.75) is 19.4 Å². The summed E-state index contributed by atoms with van der Waals surface area (Å²) in [5, 5.41) is 14.1. The van der Waals surface area contributed by atoms with Crippen LogP contribution in [0.4, 0.5) is 11.6 Å². The van der Waals surface area contributed by atoms with Gasteiger partial charge in [0.2, 0.25) is 5.91 Å². The van der Waals surface area contributed by atoms with Crippen molar-refractivity contribution in [3.63, 3.8) is 0 Å². The summed E-state index contributed by atoms with van der Waals surface area (Å²) < 4.78 is 10.5. The van der Waals surface area contributed by atoms with E-state index in [1.807, 2.05) is 48.5 Å². The van der Waals surface area contributed by atoms with Crippen LogP contribution in [0.25, 0.3) is 0 Å². The molecule has 2 aromatic carbocycles. The van der Waals surface area contributed by atoms with Gasteiger partial charge in [-0.2, -0.15) is 0 Å². The second-order valence-corrected chi connectivity index (χ2v) is 6.38. The molecule has 3 aromatic rings. The highest BCUT2D eigenvalue weighted by molar-refractivity contribution is 5.89. The monoisotopic (exact) mass is 392 g/mol. The molecule has 0 atom stereocenters. The minimum atomic E-state index is -0.0887. The number of methoxy groups -OCH3 is 2. The summed E-state index contributed by atoms with van der Waals surface area (Å²) in [5.41, 5.74) is 2.14. The number of aryl methyl sites for hydroxylation is 1. The maximum Gasteiger partial charge on any atom is 0.225 e. The molecule has 29 heavy (non-hydrogen) atoms. The van der Waals surface area contributed by atoms with Gasteiger partial charge in [-0.25, -0.2) is 0 Å². The van der Waals surface area contributed by atoms with Crippen molar-refractivity contribution in [1.29, 1.82) is 0 Å². The first kappa shape index (κ1) is 20.1. The van der Waals surface area contributed by atoms with Gasteiger partial charge >= 0.3 is 0 Å². The summed E-state index contributed by atoms with van der Waals surface area (Å²) in [6.07, 6.45) is 1.08. The van der Waals surface area contributed by atoms with Gasteiger partial charge in [-0.15, -0.1) is 10.2 Å². The quantitative estimate of drug-likeness (QED) is 0.578. The van der Waals surface area contributed by atoms with Gasteiger partial charge in [0.15, 0.2) is 17.3 Å². The Hall–Kier alpha value is -3.61. The maximum absolute atomic E-state index is 12.1. The van der Waals surface area contributed by atoms with Gasteiger partial charge in [-0.3, -0.25) is 4.79 Å². The molecule has 0 fully saturated rings. The number of rotatable bonds is 9. The lowest BCUT2D eigenvalue weighted by atomic mass is 10.1. The topological polar surface area (TPSA) is 85.4 Å². The molecule has 0 radical (unpaired) electrons. The molecular formula is C22H24N4O3. The fraction of sp³-hybridized carbons (Fsp3) is 0.227. The molecule has 0 aliphatic carbocycles. The maximum atomic E-state index is 12.1. The molecule has 0 aliphatic rings. The van der Waals surface area contributed by atoms with E-state index >= 15 is 0 Å². The summed E-state index contributed by atoms with van der Waals surface area (Å²) in [5.74, 6) is 2.31. The number of nitrogens with one attached hydrogen (secondary N) is 2. The highest BCUT2D eigenvalue weighted by Gasteiger charge is 2.07. The number of nitrogens with zero attached hydrogens (tertiary/aromatic N) is 2. The van der Waals surface area contributed by atoms with Crippen molar-refractivity contribution in [2.75, 3.05) is 24.9 Å². The largest absolute Gasteiger partial charge is 0.493 e. The molecule has 0 bridgehead atoms. The van der Waals surface area contributed by atoms with E-state index in [4.69, 9.17) is 9.47 Å². The summed E-state index contributed by atoms with van der Waals surface area (Å²) in [6.45, 7) is 0.553. The van der Waals surface area contributed by atoms with Crippen LogP contribution in [0.3, 0.4) is 0 Å². The van der Waals surface area contributed by atoms with E-state index in [9.17, 15) is 4.79 Å². The summed E-state index contributed by atoms with van der Waals surface area (Å²) in [6, 6.07) is 19.1. The smallest absolute Gasteiger partial charge is 0.225 e. The van der Waals surface area contributed by atoms with Crippen molar-refractivity contribution < 1.29 is 14.3 Å². The number of hydrogen-bond donors (Lipinski definition) is 2. The Balaban J connectivity index is 1.49. The Labute approximate surface area is 170 Å². The van der Waals surface area contributed by atoms with E-state index in [0.717, 1.165) is 11.1 Å². The molecule has 3 rings (SSSR count). The van der Waals surface area contributed by atoms with Gasteiger partial charge < -0.3 is 20.1 Å². The molecule has 0 unspecified atom stereocenters. The average molecular weight is 392 g/mol. The normalized spacial score (nSPS) is 10.3. The third-order valence-electron chi connectivity index (χ3n) is 4.34. The zero-order valence-electron chi connectivity index (χ0n) is 16.5. The number of hydrogen-bond acceptors (Lipinski definition) is 6. The number of anilines is 2. The van der Waals surface area contributed by atoms with Crippen LogP contribution < -0.4 is 20.1 Å². The number of aromatic nitrogens is 2. The minimum absolute atomic E-state index is 0.0887. The van der Waals surface area contributed by atoms with Crippen LogP contribution in [0.2, 0.25) is 0 Å². The molecule has 1 amide bonds.